The first-order valence-electron chi connectivity index (χ1n) is 6.54. The second kappa shape index (κ2) is 3.07. The summed E-state index contributed by atoms with van der Waals surface area (Å²) in [5.74, 6) is 1.08. The Bertz CT molecular complexity index is 383. The van der Waals surface area contributed by atoms with Gasteiger partial charge in [0.15, 0.2) is 0 Å². The highest BCUT2D eigenvalue weighted by atomic mass is 15.3. The molecular formula is C14H18N2. The molecule has 1 saturated heterocycles. The van der Waals surface area contributed by atoms with Gasteiger partial charge in [-0.05, 0) is 56.2 Å². The summed E-state index contributed by atoms with van der Waals surface area (Å²) >= 11 is 0. The minimum atomic E-state index is 0.627. The molecule has 0 amide bonds. The lowest BCUT2D eigenvalue weighted by Crippen LogP contribution is -2.67. The number of nitrogens with zero attached hydrogens (tertiary/aromatic N) is 2. The van der Waals surface area contributed by atoms with Gasteiger partial charge in [-0.15, -0.1) is 0 Å². The largest absolute Gasteiger partial charge is 0.291 e. The third kappa shape index (κ3) is 1.08. The Morgan fingerprint density at radius 3 is 2.81 bits per heavy atom. The third-order valence-corrected chi connectivity index (χ3v) is 4.94. The summed E-state index contributed by atoms with van der Waals surface area (Å²) in [4.78, 5) is 7.07. The highest BCUT2D eigenvalue weighted by Gasteiger charge is 2.61. The van der Waals surface area contributed by atoms with Crippen molar-refractivity contribution in [3.05, 3.63) is 30.1 Å². The predicted molar refractivity (Wildman–Crippen MR) is 63.0 cm³/mol. The fourth-order valence-electron chi connectivity index (χ4n) is 4.04. The number of rotatable bonds is 2. The van der Waals surface area contributed by atoms with Crippen LogP contribution in [0.2, 0.25) is 0 Å². The molecule has 2 bridgehead atoms. The fourth-order valence-corrected chi connectivity index (χ4v) is 4.04. The van der Waals surface area contributed by atoms with E-state index in [2.05, 4.69) is 28.2 Å². The van der Waals surface area contributed by atoms with Crippen molar-refractivity contribution in [2.24, 2.45) is 5.92 Å². The molecule has 1 unspecified atom stereocenters. The van der Waals surface area contributed by atoms with Crippen LogP contribution in [0.3, 0.4) is 0 Å². The molecule has 1 atom stereocenters. The zero-order valence-electron chi connectivity index (χ0n) is 9.60. The van der Waals surface area contributed by atoms with Gasteiger partial charge in [-0.3, -0.25) is 9.88 Å². The molecule has 1 aromatic rings. The number of pyridine rings is 1. The number of aromatic nitrogens is 1. The van der Waals surface area contributed by atoms with Crippen molar-refractivity contribution < 1.29 is 0 Å². The molecule has 16 heavy (non-hydrogen) atoms. The molecule has 4 fully saturated rings. The highest BCUT2D eigenvalue weighted by molar-refractivity contribution is 5.22. The zero-order chi connectivity index (χ0) is 10.6. The summed E-state index contributed by atoms with van der Waals surface area (Å²) in [5.41, 5.74) is 2.06. The average molecular weight is 214 g/mol. The van der Waals surface area contributed by atoms with Crippen LogP contribution in [0.4, 0.5) is 0 Å². The first kappa shape index (κ1) is 9.17. The molecule has 0 N–H and O–H groups in total. The second-order valence-electron chi connectivity index (χ2n) is 5.84. The molecule has 1 aromatic heterocycles. The smallest absolute Gasteiger partial charge is 0.0369 e. The van der Waals surface area contributed by atoms with E-state index in [1.54, 1.807) is 0 Å². The summed E-state index contributed by atoms with van der Waals surface area (Å²) < 4.78 is 0. The van der Waals surface area contributed by atoms with Crippen molar-refractivity contribution >= 4 is 0 Å². The summed E-state index contributed by atoms with van der Waals surface area (Å²) in [7, 11) is 0. The molecule has 1 aliphatic heterocycles. The number of likely N-dealkylation sites (tertiary alicyclic amines) is 1. The summed E-state index contributed by atoms with van der Waals surface area (Å²) in [6.07, 6.45) is 11.1. The Hall–Kier alpha value is -0.890. The first-order valence-corrected chi connectivity index (χ1v) is 6.54. The molecule has 3 saturated carbocycles. The molecule has 2 heterocycles. The van der Waals surface area contributed by atoms with E-state index in [0.717, 1.165) is 5.92 Å². The molecule has 0 aromatic carbocycles. The summed E-state index contributed by atoms with van der Waals surface area (Å²) in [5, 5.41) is 0. The van der Waals surface area contributed by atoms with Gasteiger partial charge < -0.3 is 0 Å². The lowest BCUT2D eigenvalue weighted by atomic mass is 9.49. The Morgan fingerprint density at radius 2 is 2.19 bits per heavy atom. The van der Waals surface area contributed by atoms with E-state index in [4.69, 9.17) is 0 Å². The van der Waals surface area contributed by atoms with E-state index in [1.165, 1.54) is 44.2 Å². The lowest BCUT2D eigenvalue weighted by Gasteiger charge is -2.67. The van der Waals surface area contributed by atoms with Crippen LogP contribution in [-0.2, 0) is 0 Å². The van der Waals surface area contributed by atoms with Gasteiger partial charge in [0.1, 0.15) is 0 Å². The van der Waals surface area contributed by atoms with Gasteiger partial charge in [0.25, 0.3) is 0 Å². The molecule has 2 heteroatoms. The van der Waals surface area contributed by atoms with Crippen molar-refractivity contribution in [2.75, 3.05) is 6.54 Å². The van der Waals surface area contributed by atoms with E-state index in [9.17, 15) is 0 Å². The topological polar surface area (TPSA) is 16.1 Å². The molecule has 2 nitrogen and oxygen atoms in total. The lowest BCUT2D eigenvalue weighted by molar-refractivity contribution is -0.150. The maximum atomic E-state index is 4.28. The molecular weight excluding hydrogens is 196 g/mol. The SMILES string of the molecule is c1cncc(C2CCCN2C23CC(C2)C3)c1. The minimum absolute atomic E-state index is 0.627. The minimum Gasteiger partial charge on any atom is -0.291 e. The van der Waals surface area contributed by atoms with Crippen LogP contribution in [0.5, 0.6) is 0 Å². The maximum absolute atomic E-state index is 4.28. The Morgan fingerprint density at radius 1 is 1.31 bits per heavy atom. The summed E-state index contributed by atoms with van der Waals surface area (Å²) in [6, 6.07) is 4.99. The van der Waals surface area contributed by atoms with Gasteiger partial charge in [0.05, 0.1) is 0 Å². The van der Waals surface area contributed by atoms with Gasteiger partial charge in [-0.1, -0.05) is 6.07 Å². The van der Waals surface area contributed by atoms with Crippen LogP contribution in [0.1, 0.15) is 43.7 Å². The van der Waals surface area contributed by atoms with Crippen LogP contribution in [0.15, 0.2) is 24.5 Å². The maximum Gasteiger partial charge on any atom is 0.0369 e. The van der Waals surface area contributed by atoms with Crippen molar-refractivity contribution in [1.82, 2.24) is 9.88 Å². The number of hydrogen-bond acceptors (Lipinski definition) is 2. The van der Waals surface area contributed by atoms with Gasteiger partial charge in [-0.25, -0.2) is 0 Å². The van der Waals surface area contributed by atoms with E-state index in [0.29, 0.717) is 11.6 Å². The van der Waals surface area contributed by atoms with Crippen LogP contribution >= 0.6 is 0 Å². The molecule has 3 aliphatic carbocycles. The van der Waals surface area contributed by atoms with E-state index in [1.807, 2.05) is 6.20 Å². The monoisotopic (exact) mass is 214 g/mol. The molecule has 4 aliphatic rings. The summed E-state index contributed by atoms with van der Waals surface area (Å²) in [6.45, 7) is 1.31. The van der Waals surface area contributed by atoms with Gasteiger partial charge in [0, 0.05) is 24.0 Å². The number of hydrogen-bond donors (Lipinski definition) is 0. The Labute approximate surface area is 96.7 Å². The normalized spacial score (nSPS) is 41.5. The van der Waals surface area contributed by atoms with Crippen LogP contribution in [0.25, 0.3) is 0 Å². The second-order valence-corrected chi connectivity index (χ2v) is 5.84. The van der Waals surface area contributed by atoms with E-state index in [-0.39, 0.29) is 0 Å². The van der Waals surface area contributed by atoms with Crippen molar-refractivity contribution in [3.63, 3.8) is 0 Å². The quantitative estimate of drug-likeness (QED) is 0.752. The highest BCUT2D eigenvalue weighted by Crippen LogP contribution is 2.63. The zero-order valence-corrected chi connectivity index (χ0v) is 9.60. The Kier molecular flexibility index (Phi) is 1.76. The van der Waals surface area contributed by atoms with Crippen molar-refractivity contribution in [2.45, 2.75) is 43.7 Å². The van der Waals surface area contributed by atoms with E-state index < -0.39 is 0 Å². The van der Waals surface area contributed by atoms with Crippen molar-refractivity contribution in [3.8, 4) is 0 Å². The van der Waals surface area contributed by atoms with Crippen molar-refractivity contribution in [1.29, 1.82) is 0 Å². The average Bonchev–Trinajstić information content (AvgIpc) is 2.63. The standard InChI is InChI=1S/C14H18N2/c1-3-12(10-15-5-1)13-4-2-6-16(13)14-7-11(8-14)9-14/h1,3,5,10-11,13H,2,4,6-9H2. The van der Waals surface area contributed by atoms with Crippen LogP contribution in [-0.4, -0.2) is 22.0 Å². The van der Waals surface area contributed by atoms with Gasteiger partial charge in [-0.2, -0.15) is 0 Å². The fraction of sp³-hybridized carbons (Fsp3) is 0.643. The van der Waals surface area contributed by atoms with Crippen LogP contribution < -0.4 is 0 Å². The third-order valence-electron chi connectivity index (χ3n) is 4.94. The van der Waals surface area contributed by atoms with Gasteiger partial charge in [0.2, 0.25) is 0 Å². The first-order chi connectivity index (χ1) is 7.87. The molecule has 5 rings (SSSR count). The predicted octanol–water partition coefficient (Wildman–Crippen LogP) is 2.77. The Balaban J connectivity index is 1.63. The molecule has 0 spiro atoms. The van der Waals surface area contributed by atoms with Gasteiger partial charge >= 0.3 is 0 Å². The van der Waals surface area contributed by atoms with Crippen LogP contribution in [0, 0.1) is 5.92 Å². The molecule has 84 valence electrons. The van der Waals surface area contributed by atoms with E-state index >= 15 is 0 Å². The molecule has 0 radical (unpaired) electrons.